The monoisotopic (exact) mass is 429 g/mol. The van der Waals surface area contributed by atoms with Crippen molar-refractivity contribution in [3.8, 4) is 6.07 Å². The molecule has 3 atom stereocenters. The molecule has 2 unspecified atom stereocenters. The molecule has 1 aliphatic rings. The Bertz CT molecular complexity index is 979. The Balaban J connectivity index is 1.74. The third-order valence-corrected chi connectivity index (χ3v) is 6.20. The van der Waals surface area contributed by atoms with Crippen LogP contribution in [0, 0.1) is 22.6 Å². The Kier molecular flexibility index (Phi) is 6.99. The summed E-state index contributed by atoms with van der Waals surface area (Å²) in [4.78, 5) is 16.3. The van der Waals surface area contributed by atoms with Gasteiger partial charge in [0.05, 0.1) is 5.56 Å². The SMILES string of the molecule is CCOCC1C(=N)N[C@H](c2cc(NC(=O)c3ccc(C#N)cn3)ccc2F)C[S+]1[O-]. The molecule has 3 rings (SSSR count). The first-order valence-corrected chi connectivity index (χ1v) is 10.6. The summed E-state index contributed by atoms with van der Waals surface area (Å²) in [6.45, 7) is 2.43. The van der Waals surface area contributed by atoms with E-state index < -0.39 is 34.2 Å². The number of amidine groups is 1. The number of nitrogens with one attached hydrogen (secondary N) is 3. The van der Waals surface area contributed by atoms with Gasteiger partial charge in [-0.05, 0) is 48.4 Å². The van der Waals surface area contributed by atoms with Crippen molar-refractivity contribution < 1.29 is 18.5 Å². The van der Waals surface area contributed by atoms with Gasteiger partial charge in [0, 0.05) is 24.1 Å². The van der Waals surface area contributed by atoms with Crippen LogP contribution in [0.15, 0.2) is 36.5 Å². The van der Waals surface area contributed by atoms with Crippen molar-refractivity contribution in [1.29, 1.82) is 10.7 Å². The molecule has 1 aliphatic heterocycles. The van der Waals surface area contributed by atoms with Crippen LogP contribution < -0.4 is 10.6 Å². The fraction of sp³-hybridized carbons (Fsp3) is 0.300. The van der Waals surface area contributed by atoms with Crippen LogP contribution in [0.25, 0.3) is 0 Å². The number of ether oxygens (including phenoxy) is 1. The zero-order valence-electron chi connectivity index (χ0n) is 16.1. The van der Waals surface area contributed by atoms with Gasteiger partial charge in [-0.1, -0.05) is 0 Å². The first-order chi connectivity index (χ1) is 14.4. The maximum absolute atomic E-state index is 14.5. The number of anilines is 1. The normalized spacial score (nSPS) is 20.9. The number of nitrogens with zero attached hydrogens (tertiary/aromatic N) is 2. The average molecular weight is 429 g/mol. The fourth-order valence-electron chi connectivity index (χ4n) is 2.96. The highest BCUT2D eigenvalue weighted by Crippen LogP contribution is 2.27. The van der Waals surface area contributed by atoms with Gasteiger partial charge in [-0.15, -0.1) is 0 Å². The lowest BCUT2D eigenvalue weighted by atomic mass is 10.1. The molecule has 0 saturated carbocycles. The van der Waals surface area contributed by atoms with Gasteiger partial charge in [0.2, 0.25) is 0 Å². The summed E-state index contributed by atoms with van der Waals surface area (Å²) in [5.41, 5.74) is 0.973. The molecule has 0 radical (unpaired) electrons. The van der Waals surface area contributed by atoms with Crippen molar-refractivity contribution in [2.45, 2.75) is 18.2 Å². The molecular formula is C20H20FN5O3S. The van der Waals surface area contributed by atoms with Crippen molar-refractivity contribution in [1.82, 2.24) is 10.3 Å². The number of rotatable bonds is 6. The topological polar surface area (TPSA) is 134 Å². The number of hydrogen-bond donors (Lipinski definition) is 3. The molecular weight excluding hydrogens is 409 g/mol. The van der Waals surface area contributed by atoms with E-state index in [1.807, 2.05) is 13.0 Å². The highest BCUT2D eigenvalue weighted by Gasteiger charge is 2.38. The minimum atomic E-state index is -1.40. The van der Waals surface area contributed by atoms with Crippen LogP contribution in [0.4, 0.5) is 10.1 Å². The van der Waals surface area contributed by atoms with Gasteiger partial charge < -0.3 is 19.9 Å². The van der Waals surface area contributed by atoms with Crippen LogP contribution in [0.1, 0.15) is 34.6 Å². The molecule has 1 amide bonds. The zero-order valence-corrected chi connectivity index (χ0v) is 17.0. The van der Waals surface area contributed by atoms with Gasteiger partial charge in [0.15, 0.2) is 11.1 Å². The van der Waals surface area contributed by atoms with Crippen LogP contribution in [0.2, 0.25) is 0 Å². The van der Waals surface area contributed by atoms with Crippen molar-refractivity contribution in [2.24, 2.45) is 0 Å². The predicted molar refractivity (Wildman–Crippen MR) is 110 cm³/mol. The largest absolute Gasteiger partial charge is 0.616 e. The molecule has 8 nitrogen and oxygen atoms in total. The number of carbonyl (C=O) groups is 1. The van der Waals surface area contributed by atoms with E-state index in [2.05, 4.69) is 15.6 Å². The summed E-state index contributed by atoms with van der Waals surface area (Å²) in [6.07, 6.45) is 1.29. The second-order valence-electron chi connectivity index (χ2n) is 6.54. The quantitative estimate of drug-likeness (QED) is 0.602. The molecule has 1 aromatic heterocycles. The van der Waals surface area contributed by atoms with Gasteiger partial charge in [-0.25, -0.2) is 9.37 Å². The second-order valence-corrected chi connectivity index (χ2v) is 8.20. The molecule has 1 saturated heterocycles. The van der Waals surface area contributed by atoms with Gasteiger partial charge in [0.1, 0.15) is 36.0 Å². The van der Waals surface area contributed by atoms with Gasteiger partial charge in [-0.2, -0.15) is 5.26 Å². The van der Waals surface area contributed by atoms with Crippen molar-refractivity contribution in [3.05, 3.63) is 59.2 Å². The summed E-state index contributed by atoms with van der Waals surface area (Å²) >= 11 is -1.40. The van der Waals surface area contributed by atoms with Crippen LogP contribution in [-0.4, -0.2) is 45.5 Å². The van der Waals surface area contributed by atoms with Gasteiger partial charge in [0.25, 0.3) is 5.91 Å². The standard InChI is InChI=1S/C20H20FN5O3S/c1-2-29-10-18-19(23)26-17(11-30(18)28)14-7-13(4-5-15(14)21)25-20(27)16-6-3-12(8-22)9-24-16/h3-7,9,17-18H,2,10-11H2,1H3,(H2,23,26)(H,25,27)/t17-,18?,30?/m0/s1. The molecule has 2 heterocycles. The van der Waals surface area contributed by atoms with Gasteiger partial charge >= 0.3 is 0 Å². The van der Waals surface area contributed by atoms with E-state index in [1.54, 1.807) is 0 Å². The Morgan fingerprint density at radius 2 is 2.30 bits per heavy atom. The lowest BCUT2D eigenvalue weighted by Gasteiger charge is -2.33. The third kappa shape index (κ3) is 4.94. The molecule has 0 aliphatic carbocycles. The summed E-state index contributed by atoms with van der Waals surface area (Å²) in [7, 11) is 0. The number of benzene rings is 1. The second kappa shape index (κ2) is 9.67. The fourth-order valence-corrected chi connectivity index (χ4v) is 4.37. The van der Waals surface area contributed by atoms with E-state index in [9.17, 15) is 13.7 Å². The molecule has 156 valence electrons. The number of carbonyl (C=O) groups excluding carboxylic acids is 1. The maximum Gasteiger partial charge on any atom is 0.274 e. The Morgan fingerprint density at radius 3 is 2.93 bits per heavy atom. The minimum Gasteiger partial charge on any atom is -0.616 e. The lowest BCUT2D eigenvalue weighted by Crippen LogP contribution is -2.52. The van der Waals surface area contributed by atoms with E-state index in [0.29, 0.717) is 17.9 Å². The molecule has 1 aromatic carbocycles. The van der Waals surface area contributed by atoms with Crippen molar-refractivity contribution in [3.63, 3.8) is 0 Å². The molecule has 0 spiro atoms. The summed E-state index contributed by atoms with van der Waals surface area (Å²) < 4.78 is 32.3. The molecule has 30 heavy (non-hydrogen) atoms. The number of hydrogen-bond acceptors (Lipinski definition) is 6. The van der Waals surface area contributed by atoms with E-state index in [-0.39, 0.29) is 29.5 Å². The molecule has 1 fully saturated rings. The van der Waals surface area contributed by atoms with Crippen LogP contribution in [0.5, 0.6) is 0 Å². The average Bonchev–Trinajstić information content (AvgIpc) is 2.74. The minimum absolute atomic E-state index is 0.0358. The van der Waals surface area contributed by atoms with E-state index in [0.717, 1.165) is 0 Å². The van der Waals surface area contributed by atoms with E-state index in [1.165, 1.54) is 36.5 Å². The number of aromatic nitrogens is 1. The van der Waals surface area contributed by atoms with Crippen molar-refractivity contribution >= 4 is 28.6 Å². The molecule has 0 bridgehead atoms. The summed E-state index contributed by atoms with van der Waals surface area (Å²) in [5, 5.41) is 21.9. The Labute approximate surface area is 176 Å². The lowest BCUT2D eigenvalue weighted by molar-refractivity contribution is 0.102. The number of halogens is 1. The number of pyridine rings is 1. The Hall–Kier alpha value is -3.00. The zero-order chi connectivity index (χ0) is 21.7. The van der Waals surface area contributed by atoms with Gasteiger partial charge in [-0.3, -0.25) is 10.2 Å². The van der Waals surface area contributed by atoms with E-state index in [4.69, 9.17) is 15.4 Å². The van der Waals surface area contributed by atoms with Crippen LogP contribution >= 0.6 is 0 Å². The third-order valence-electron chi connectivity index (χ3n) is 4.53. The summed E-state index contributed by atoms with van der Waals surface area (Å²) in [5.74, 6) is -0.892. The van der Waals surface area contributed by atoms with Crippen LogP contribution in [0.3, 0.4) is 0 Å². The molecule has 10 heteroatoms. The molecule has 3 N–H and O–H groups in total. The molecule has 2 aromatic rings. The smallest absolute Gasteiger partial charge is 0.274 e. The maximum atomic E-state index is 14.5. The first kappa shape index (κ1) is 21.7. The number of amides is 1. The van der Waals surface area contributed by atoms with E-state index >= 15 is 0 Å². The highest BCUT2D eigenvalue weighted by atomic mass is 32.2. The van der Waals surface area contributed by atoms with Crippen molar-refractivity contribution in [2.75, 3.05) is 24.3 Å². The number of nitriles is 1. The first-order valence-electron chi connectivity index (χ1n) is 9.19. The summed E-state index contributed by atoms with van der Waals surface area (Å²) in [6, 6.07) is 8.21. The highest BCUT2D eigenvalue weighted by molar-refractivity contribution is 7.92. The van der Waals surface area contributed by atoms with Crippen LogP contribution in [-0.2, 0) is 15.9 Å². The Morgan fingerprint density at radius 1 is 1.50 bits per heavy atom. The predicted octanol–water partition coefficient (Wildman–Crippen LogP) is 2.12.